The molecule has 16 heavy (non-hydrogen) atoms. The third kappa shape index (κ3) is 4.54. The standard InChI is InChI=1S/C12H17ClO2S/c1-3-4-10-5-7-11(8-6-10)12(13)9-16(2,14)15/h5-8,12H,3-4,9H2,1-2H3. The fourth-order valence-corrected chi connectivity index (χ4v) is 3.10. The van der Waals surface area contributed by atoms with E-state index >= 15 is 0 Å². The first-order valence-electron chi connectivity index (χ1n) is 5.33. The lowest BCUT2D eigenvalue weighted by atomic mass is 10.1. The first kappa shape index (κ1) is 13.5. The van der Waals surface area contributed by atoms with E-state index < -0.39 is 15.2 Å². The highest BCUT2D eigenvalue weighted by Crippen LogP contribution is 2.22. The molecule has 1 atom stereocenters. The molecule has 0 aliphatic carbocycles. The van der Waals surface area contributed by atoms with Crippen LogP contribution in [0, 0.1) is 0 Å². The van der Waals surface area contributed by atoms with Crippen molar-refractivity contribution in [2.45, 2.75) is 25.1 Å². The Hall–Kier alpha value is -0.540. The van der Waals surface area contributed by atoms with E-state index in [0.717, 1.165) is 18.4 Å². The normalized spacial score (nSPS) is 13.7. The second-order valence-electron chi connectivity index (χ2n) is 4.05. The summed E-state index contributed by atoms with van der Waals surface area (Å²) in [7, 11) is -3.02. The van der Waals surface area contributed by atoms with Gasteiger partial charge in [0.1, 0.15) is 9.84 Å². The molecule has 90 valence electrons. The monoisotopic (exact) mass is 260 g/mol. The zero-order chi connectivity index (χ0) is 12.2. The summed E-state index contributed by atoms with van der Waals surface area (Å²) in [6, 6.07) is 7.84. The molecular formula is C12H17ClO2S. The number of hydrogen-bond acceptors (Lipinski definition) is 2. The van der Waals surface area contributed by atoms with E-state index in [2.05, 4.69) is 6.92 Å². The van der Waals surface area contributed by atoms with Crippen LogP contribution in [0.4, 0.5) is 0 Å². The average Bonchev–Trinajstić information content (AvgIpc) is 2.16. The largest absolute Gasteiger partial charge is 0.229 e. The van der Waals surface area contributed by atoms with Crippen LogP contribution in [-0.2, 0) is 16.3 Å². The molecule has 0 radical (unpaired) electrons. The highest BCUT2D eigenvalue weighted by molar-refractivity contribution is 7.90. The van der Waals surface area contributed by atoms with E-state index in [9.17, 15) is 8.42 Å². The number of benzene rings is 1. The Morgan fingerprint density at radius 2 is 1.81 bits per heavy atom. The van der Waals surface area contributed by atoms with Gasteiger partial charge in [0.25, 0.3) is 0 Å². The van der Waals surface area contributed by atoms with Crippen molar-refractivity contribution in [1.29, 1.82) is 0 Å². The van der Waals surface area contributed by atoms with Gasteiger partial charge in [-0.05, 0) is 17.5 Å². The third-order valence-corrected chi connectivity index (χ3v) is 3.86. The van der Waals surface area contributed by atoms with E-state index in [0.29, 0.717) is 0 Å². The lowest BCUT2D eigenvalue weighted by Gasteiger charge is -2.09. The summed E-state index contributed by atoms with van der Waals surface area (Å²) in [5.41, 5.74) is 2.13. The lowest BCUT2D eigenvalue weighted by molar-refractivity contribution is 0.600. The Bertz CT molecular complexity index is 423. The maximum atomic E-state index is 11.1. The number of aryl methyl sites for hydroxylation is 1. The van der Waals surface area contributed by atoms with Gasteiger partial charge in [-0.15, -0.1) is 11.6 Å². The number of rotatable bonds is 5. The topological polar surface area (TPSA) is 34.1 Å². The van der Waals surface area contributed by atoms with Crippen LogP contribution in [0.1, 0.15) is 29.8 Å². The maximum absolute atomic E-state index is 11.1. The van der Waals surface area contributed by atoms with Gasteiger partial charge >= 0.3 is 0 Å². The van der Waals surface area contributed by atoms with E-state index in [-0.39, 0.29) is 5.75 Å². The summed E-state index contributed by atoms with van der Waals surface area (Å²) in [5.74, 6) is -0.0122. The number of halogens is 1. The van der Waals surface area contributed by atoms with E-state index in [1.807, 2.05) is 24.3 Å². The Morgan fingerprint density at radius 3 is 2.25 bits per heavy atom. The van der Waals surface area contributed by atoms with Gasteiger partial charge in [-0.25, -0.2) is 8.42 Å². The van der Waals surface area contributed by atoms with Gasteiger partial charge in [0.2, 0.25) is 0 Å². The van der Waals surface area contributed by atoms with Crippen molar-refractivity contribution in [3.05, 3.63) is 35.4 Å². The fourth-order valence-electron chi connectivity index (χ4n) is 1.54. The first-order valence-corrected chi connectivity index (χ1v) is 7.82. The van der Waals surface area contributed by atoms with E-state index in [4.69, 9.17) is 11.6 Å². The van der Waals surface area contributed by atoms with Crippen LogP contribution in [0.25, 0.3) is 0 Å². The van der Waals surface area contributed by atoms with Crippen molar-refractivity contribution in [3.63, 3.8) is 0 Å². The number of sulfone groups is 1. The zero-order valence-electron chi connectivity index (χ0n) is 9.61. The molecule has 0 N–H and O–H groups in total. The summed E-state index contributed by atoms with van der Waals surface area (Å²) in [6.07, 6.45) is 3.35. The molecule has 0 amide bonds. The van der Waals surface area contributed by atoms with Crippen LogP contribution >= 0.6 is 11.6 Å². The first-order chi connectivity index (χ1) is 7.42. The quantitative estimate of drug-likeness (QED) is 0.763. The van der Waals surface area contributed by atoms with Crippen LogP contribution in [0.2, 0.25) is 0 Å². The number of hydrogen-bond donors (Lipinski definition) is 0. The molecule has 4 heteroatoms. The molecule has 1 unspecified atom stereocenters. The summed E-state index contributed by atoms with van der Waals surface area (Å²) < 4.78 is 22.2. The molecule has 0 aromatic heterocycles. The van der Waals surface area contributed by atoms with Crippen LogP contribution in [0.3, 0.4) is 0 Å². The zero-order valence-corrected chi connectivity index (χ0v) is 11.2. The molecule has 0 bridgehead atoms. The molecule has 0 fully saturated rings. The predicted octanol–water partition coefficient (Wildman–Crippen LogP) is 2.96. The molecule has 1 aromatic rings. The van der Waals surface area contributed by atoms with Gasteiger partial charge < -0.3 is 0 Å². The second-order valence-corrected chi connectivity index (χ2v) is 6.76. The van der Waals surface area contributed by atoms with Crippen molar-refractivity contribution in [2.75, 3.05) is 12.0 Å². The molecule has 1 aromatic carbocycles. The second kappa shape index (κ2) is 5.69. The van der Waals surface area contributed by atoms with Crippen LogP contribution in [0.5, 0.6) is 0 Å². The average molecular weight is 261 g/mol. The smallest absolute Gasteiger partial charge is 0.149 e. The molecule has 0 heterocycles. The van der Waals surface area contributed by atoms with Crippen LogP contribution in [0.15, 0.2) is 24.3 Å². The van der Waals surface area contributed by atoms with Gasteiger partial charge in [-0.2, -0.15) is 0 Å². The molecule has 1 rings (SSSR count). The molecule has 0 saturated heterocycles. The van der Waals surface area contributed by atoms with Crippen molar-refractivity contribution in [2.24, 2.45) is 0 Å². The highest BCUT2D eigenvalue weighted by atomic mass is 35.5. The van der Waals surface area contributed by atoms with Gasteiger partial charge in [-0.3, -0.25) is 0 Å². The Labute approximate surface area is 103 Å². The molecule has 0 spiro atoms. The van der Waals surface area contributed by atoms with Gasteiger partial charge in [0.05, 0.1) is 11.1 Å². The van der Waals surface area contributed by atoms with Crippen molar-refractivity contribution in [3.8, 4) is 0 Å². The van der Waals surface area contributed by atoms with Gasteiger partial charge in [0, 0.05) is 6.26 Å². The summed E-state index contributed by atoms with van der Waals surface area (Å²) >= 11 is 6.04. The van der Waals surface area contributed by atoms with Crippen molar-refractivity contribution < 1.29 is 8.42 Å². The van der Waals surface area contributed by atoms with Gasteiger partial charge in [-0.1, -0.05) is 37.6 Å². The maximum Gasteiger partial charge on any atom is 0.149 e. The Morgan fingerprint density at radius 1 is 1.25 bits per heavy atom. The molecule has 0 aliphatic rings. The number of alkyl halides is 1. The Kier molecular flexibility index (Phi) is 4.81. The van der Waals surface area contributed by atoms with E-state index in [1.165, 1.54) is 11.8 Å². The minimum atomic E-state index is -3.02. The van der Waals surface area contributed by atoms with Crippen molar-refractivity contribution in [1.82, 2.24) is 0 Å². The fraction of sp³-hybridized carbons (Fsp3) is 0.500. The molecular weight excluding hydrogens is 244 g/mol. The van der Waals surface area contributed by atoms with Crippen molar-refractivity contribution >= 4 is 21.4 Å². The summed E-state index contributed by atoms with van der Waals surface area (Å²) in [5, 5.41) is -0.453. The molecule has 0 aliphatic heterocycles. The lowest BCUT2D eigenvalue weighted by Crippen LogP contribution is -2.08. The minimum absolute atomic E-state index is 0.0122. The van der Waals surface area contributed by atoms with Crippen LogP contribution < -0.4 is 0 Å². The van der Waals surface area contributed by atoms with Gasteiger partial charge in [0.15, 0.2) is 0 Å². The summed E-state index contributed by atoms with van der Waals surface area (Å²) in [6.45, 7) is 2.13. The minimum Gasteiger partial charge on any atom is -0.229 e. The summed E-state index contributed by atoms with van der Waals surface area (Å²) in [4.78, 5) is 0. The van der Waals surface area contributed by atoms with Crippen LogP contribution in [-0.4, -0.2) is 20.4 Å². The third-order valence-electron chi connectivity index (χ3n) is 2.33. The molecule has 2 nitrogen and oxygen atoms in total. The Balaban J connectivity index is 2.74. The SMILES string of the molecule is CCCc1ccc(C(Cl)CS(C)(=O)=O)cc1. The highest BCUT2D eigenvalue weighted by Gasteiger charge is 2.14. The van der Waals surface area contributed by atoms with E-state index in [1.54, 1.807) is 0 Å². The predicted molar refractivity (Wildman–Crippen MR) is 68.7 cm³/mol. The molecule has 0 saturated carbocycles.